The number of hydrogen-bond donors (Lipinski definition) is 1. The van der Waals surface area contributed by atoms with Crippen LogP contribution in [0.1, 0.15) is 28.7 Å². The fourth-order valence-electron chi connectivity index (χ4n) is 3.41. The number of nitrogens with one attached hydrogen (secondary N) is 1. The van der Waals surface area contributed by atoms with Gasteiger partial charge in [-0.25, -0.2) is 14.6 Å². The van der Waals surface area contributed by atoms with Gasteiger partial charge < -0.3 is 5.32 Å². The molecule has 5 rings (SSSR count). The van der Waals surface area contributed by atoms with Crippen molar-refractivity contribution in [1.82, 2.24) is 34.5 Å². The first-order valence-electron chi connectivity index (χ1n) is 10.0. The van der Waals surface area contributed by atoms with Crippen LogP contribution in [0.3, 0.4) is 0 Å². The molecule has 0 fully saturated rings. The van der Waals surface area contributed by atoms with E-state index in [9.17, 15) is 4.79 Å². The van der Waals surface area contributed by atoms with Crippen LogP contribution in [0.25, 0.3) is 22.7 Å². The molecule has 5 aromatic rings. The van der Waals surface area contributed by atoms with Crippen molar-refractivity contribution in [3.8, 4) is 17.7 Å². The monoisotopic (exact) mass is 435 g/mol. The fraction of sp³-hybridized carbons (Fsp3) is 0.0870. The van der Waals surface area contributed by atoms with Crippen LogP contribution in [-0.4, -0.2) is 40.3 Å². The van der Waals surface area contributed by atoms with Crippen molar-refractivity contribution in [3.63, 3.8) is 0 Å². The molecular formula is C23H17N9O. The van der Waals surface area contributed by atoms with Crippen LogP contribution in [0.15, 0.2) is 61.1 Å². The Kier molecular flexibility index (Phi) is 4.84. The lowest BCUT2D eigenvalue weighted by Crippen LogP contribution is -2.09. The second kappa shape index (κ2) is 7.97. The number of aromatic nitrogens is 7. The zero-order chi connectivity index (χ0) is 22.9. The summed E-state index contributed by atoms with van der Waals surface area (Å²) in [5.74, 6) is 1.37. The number of carbonyl (C=O) groups excluding carboxylic acids is 1. The molecule has 0 spiro atoms. The van der Waals surface area contributed by atoms with Crippen molar-refractivity contribution >= 4 is 28.3 Å². The van der Waals surface area contributed by atoms with Gasteiger partial charge in [0.1, 0.15) is 18.2 Å². The van der Waals surface area contributed by atoms with Crippen LogP contribution in [-0.2, 0) is 0 Å². The number of rotatable bonds is 5. The maximum Gasteiger partial charge on any atom is 0.166 e. The van der Waals surface area contributed by atoms with Crippen LogP contribution >= 0.6 is 0 Å². The number of carbonyl (C=O) groups is 1. The Morgan fingerprint density at radius 1 is 1.09 bits per heavy atom. The molecule has 4 heterocycles. The maximum atomic E-state index is 12.2. The van der Waals surface area contributed by atoms with E-state index in [0.29, 0.717) is 23.0 Å². The zero-order valence-corrected chi connectivity index (χ0v) is 17.8. The summed E-state index contributed by atoms with van der Waals surface area (Å²) in [7, 11) is 0. The Morgan fingerprint density at radius 3 is 2.70 bits per heavy atom. The molecule has 10 nitrogen and oxygen atoms in total. The number of fused-ring (bicyclic) bond motifs is 1. The van der Waals surface area contributed by atoms with Gasteiger partial charge in [-0.3, -0.25) is 9.36 Å². The van der Waals surface area contributed by atoms with Crippen molar-refractivity contribution in [1.29, 1.82) is 5.26 Å². The van der Waals surface area contributed by atoms with Gasteiger partial charge in [0.25, 0.3) is 0 Å². The summed E-state index contributed by atoms with van der Waals surface area (Å²) in [6, 6.07) is 16.5. The molecule has 33 heavy (non-hydrogen) atoms. The minimum absolute atomic E-state index is 0.153. The van der Waals surface area contributed by atoms with Crippen molar-refractivity contribution in [2.75, 3.05) is 5.32 Å². The highest BCUT2D eigenvalue weighted by Crippen LogP contribution is 2.24. The lowest BCUT2D eigenvalue weighted by Gasteiger charge is -2.11. The van der Waals surface area contributed by atoms with Gasteiger partial charge in [0.15, 0.2) is 23.1 Å². The summed E-state index contributed by atoms with van der Waals surface area (Å²) >= 11 is 0. The van der Waals surface area contributed by atoms with Gasteiger partial charge in [0.05, 0.1) is 22.3 Å². The van der Waals surface area contributed by atoms with Crippen LogP contribution in [0, 0.1) is 18.3 Å². The van der Waals surface area contributed by atoms with E-state index in [1.807, 2.05) is 47.9 Å². The number of pyridine rings is 1. The molecule has 0 saturated carbocycles. The predicted molar refractivity (Wildman–Crippen MR) is 121 cm³/mol. The Morgan fingerprint density at radius 2 is 1.97 bits per heavy atom. The molecule has 0 radical (unpaired) electrons. The second-order valence-electron chi connectivity index (χ2n) is 7.36. The van der Waals surface area contributed by atoms with Crippen molar-refractivity contribution in [2.45, 2.75) is 13.8 Å². The van der Waals surface area contributed by atoms with Gasteiger partial charge in [0, 0.05) is 11.9 Å². The standard InChI is InChI=1S/C23H17N9O/c1-14-3-7-21(29-28-14)26-16-4-6-19-20(11-16)31(13-25-19)22-8-5-18(15(2)33)23(27-22)32-10-9-17(12-24)30-32/h3-11,13H,1-2H3,(H,26,29). The summed E-state index contributed by atoms with van der Waals surface area (Å²) in [5.41, 5.74) is 3.88. The van der Waals surface area contributed by atoms with Gasteiger partial charge in [0.2, 0.25) is 0 Å². The van der Waals surface area contributed by atoms with Gasteiger partial charge in [-0.05, 0) is 62.4 Å². The zero-order valence-electron chi connectivity index (χ0n) is 17.8. The van der Waals surface area contributed by atoms with Gasteiger partial charge in [-0.2, -0.15) is 15.5 Å². The maximum absolute atomic E-state index is 12.2. The lowest BCUT2D eigenvalue weighted by atomic mass is 10.2. The van der Waals surface area contributed by atoms with E-state index in [1.165, 1.54) is 11.6 Å². The van der Waals surface area contributed by atoms with Crippen molar-refractivity contribution in [2.24, 2.45) is 0 Å². The number of Topliss-reactive ketones (excluding diaryl/α,β-unsaturated/α-hetero) is 1. The van der Waals surface area contributed by atoms with Crippen molar-refractivity contribution < 1.29 is 4.79 Å². The van der Waals surface area contributed by atoms with E-state index in [0.717, 1.165) is 22.4 Å². The molecule has 0 aliphatic heterocycles. The molecule has 0 aliphatic rings. The Labute approximate surface area is 188 Å². The molecule has 1 aromatic carbocycles. The van der Waals surface area contributed by atoms with E-state index in [-0.39, 0.29) is 11.5 Å². The number of ketones is 1. The number of imidazole rings is 1. The molecule has 0 aliphatic carbocycles. The van der Waals surface area contributed by atoms with E-state index < -0.39 is 0 Å². The number of nitrogens with zero attached hydrogens (tertiary/aromatic N) is 8. The number of anilines is 2. The quantitative estimate of drug-likeness (QED) is 0.415. The molecule has 1 N–H and O–H groups in total. The number of nitriles is 1. The van der Waals surface area contributed by atoms with E-state index >= 15 is 0 Å². The Balaban J connectivity index is 1.58. The third-order valence-electron chi connectivity index (χ3n) is 5.02. The Hall–Kier alpha value is -4.91. The van der Waals surface area contributed by atoms with Crippen LogP contribution in [0.2, 0.25) is 0 Å². The number of aryl methyl sites for hydroxylation is 1. The average molecular weight is 435 g/mol. The SMILES string of the molecule is CC(=O)c1ccc(-n2cnc3ccc(Nc4ccc(C)nn4)cc32)nc1-n1ccc(C#N)n1. The van der Waals surface area contributed by atoms with Gasteiger partial charge in [-0.1, -0.05) is 0 Å². The summed E-state index contributed by atoms with van der Waals surface area (Å²) in [5, 5.41) is 24.7. The molecule has 160 valence electrons. The molecule has 0 saturated heterocycles. The average Bonchev–Trinajstić information content (AvgIpc) is 3.47. The minimum atomic E-state index is -0.153. The smallest absolute Gasteiger partial charge is 0.166 e. The highest BCUT2D eigenvalue weighted by atomic mass is 16.1. The normalized spacial score (nSPS) is 10.8. The molecular weight excluding hydrogens is 418 g/mol. The molecule has 0 atom stereocenters. The lowest BCUT2D eigenvalue weighted by molar-refractivity contribution is 0.101. The summed E-state index contributed by atoms with van der Waals surface area (Å²) in [6.07, 6.45) is 3.28. The van der Waals surface area contributed by atoms with Crippen LogP contribution in [0.5, 0.6) is 0 Å². The minimum Gasteiger partial charge on any atom is -0.339 e. The molecule has 4 aromatic heterocycles. The second-order valence-corrected chi connectivity index (χ2v) is 7.36. The summed E-state index contributed by atoms with van der Waals surface area (Å²) in [4.78, 5) is 21.3. The molecule has 0 bridgehead atoms. The Bertz CT molecular complexity index is 1540. The van der Waals surface area contributed by atoms with E-state index in [1.54, 1.807) is 30.7 Å². The van der Waals surface area contributed by atoms with Crippen LogP contribution in [0.4, 0.5) is 11.5 Å². The fourth-order valence-corrected chi connectivity index (χ4v) is 3.41. The van der Waals surface area contributed by atoms with E-state index in [2.05, 4.69) is 30.6 Å². The summed E-state index contributed by atoms with van der Waals surface area (Å²) < 4.78 is 3.25. The van der Waals surface area contributed by atoms with Crippen LogP contribution < -0.4 is 5.32 Å². The van der Waals surface area contributed by atoms with Gasteiger partial charge in [-0.15, -0.1) is 5.10 Å². The third kappa shape index (κ3) is 3.79. The molecule has 10 heteroatoms. The van der Waals surface area contributed by atoms with Crippen molar-refractivity contribution in [3.05, 3.63) is 78.0 Å². The number of benzene rings is 1. The highest BCUT2D eigenvalue weighted by Gasteiger charge is 2.15. The highest BCUT2D eigenvalue weighted by molar-refractivity contribution is 5.97. The topological polar surface area (TPSA) is 127 Å². The largest absolute Gasteiger partial charge is 0.339 e. The number of hydrogen-bond acceptors (Lipinski definition) is 8. The van der Waals surface area contributed by atoms with Gasteiger partial charge >= 0.3 is 0 Å². The molecule has 0 unspecified atom stereocenters. The summed E-state index contributed by atoms with van der Waals surface area (Å²) in [6.45, 7) is 3.35. The third-order valence-corrected chi connectivity index (χ3v) is 5.02. The first kappa shape index (κ1) is 20.0. The predicted octanol–water partition coefficient (Wildman–Crippen LogP) is 3.52. The first-order chi connectivity index (χ1) is 16.0. The first-order valence-corrected chi connectivity index (χ1v) is 10.0. The van der Waals surface area contributed by atoms with E-state index in [4.69, 9.17) is 5.26 Å². The molecule has 0 amide bonds.